The Morgan fingerprint density at radius 3 is 2.43 bits per heavy atom. The van der Waals surface area contributed by atoms with Crippen molar-refractivity contribution in [3.63, 3.8) is 0 Å². The van der Waals surface area contributed by atoms with Crippen LogP contribution in [0.1, 0.15) is 52.1 Å². The van der Waals surface area contributed by atoms with E-state index in [9.17, 15) is 0 Å². The van der Waals surface area contributed by atoms with Gasteiger partial charge in [-0.15, -0.1) is 0 Å². The molecule has 1 N–H and O–H groups in total. The summed E-state index contributed by atoms with van der Waals surface area (Å²) in [6.07, 6.45) is 2.15. The fraction of sp³-hybridized carbons (Fsp3) is 0.667. The highest BCUT2D eigenvalue weighted by molar-refractivity contribution is 5.29. The first-order valence-electron chi connectivity index (χ1n) is 7.95. The zero-order valence-electron chi connectivity index (χ0n) is 14.0. The van der Waals surface area contributed by atoms with Gasteiger partial charge in [0.05, 0.1) is 12.7 Å². The number of hydrogen-bond donors (Lipinski definition) is 1. The molecule has 1 aromatic rings. The third kappa shape index (κ3) is 4.45. The van der Waals surface area contributed by atoms with Crippen molar-refractivity contribution in [1.29, 1.82) is 0 Å². The summed E-state index contributed by atoms with van der Waals surface area (Å²) in [5.41, 5.74) is 1.31. The molecule has 1 heterocycles. The number of methoxy groups -OCH3 is 1. The normalized spacial score (nSPS) is 23.0. The van der Waals surface area contributed by atoms with Gasteiger partial charge in [-0.2, -0.15) is 0 Å². The van der Waals surface area contributed by atoms with E-state index < -0.39 is 0 Å². The van der Waals surface area contributed by atoms with Crippen LogP contribution in [-0.4, -0.2) is 25.4 Å². The maximum absolute atomic E-state index is 5.82. The minimum absolute atomic E-state index is 0.0165. The molecule has 1 aromatic carbocycles. The van der Waals surface area contributed by atoms with Crippen LogP contribution in [-0.2, 0) is 4.74 Å². The van der Waals surface area contributed by atoms with Crippen molar-refractivity contribution in [2.45, 2.75) is 58.2 Å². The zero-order valence-corrected chi connectivity index (χ0v) is 14.0. The lowest BCUT2D eigenvalue weighted by Gasteiger charge is -2.38. The highest BCUT2D eigenvalue weighted by atomic mass is 16.5. The third-order valence-corrected chi connectivity index (χ3v) is 4.25. The molecule has 3 nitrogen and oxygen atoms in total. The first kappa shape index (κ1) is 16.3. The highest BCUT2D eigenvalue weighted by Gasteiger charge is 2.30. The van der Waals surface area contributed by atoms with Crippen LogP contribution >= 0.6 is 0 Å². The van der Waals surface area contributed by atoms with Crippen LogP contribution in [0.5, 0.6) is 5.75 Å². The van der Waals surface area contributed by atoms with Crippen molar-refractivity contribution in [2.24, 2.45) is 5.92 Å². The van der Waals surface area contributed by atoms with Gasteiger partial charge in [-0.1, -0.05) is 26.0 Å². The molecule has 118 valence electrons. The maximum atomic E-state index is 5.82. The summed E-state index contributed by atoms with van der Waals surface area (Å²) in [6.45, 7) is 9.74. The average Bonchev–Trinajstić information content (AvgIpc) is 2.44. The van der Waals surface area contributed by atoms with Crippen molar-refractivity contribution in [3.05, 3.63) is 29.8 Å². The molecule has 1 aliphatic heterocycles. The van der Waals surface area contributed by atoms with E-state index in [1.807, 2.05) is 12.1 Å². The van der Waals surface area contributed by atoms with Crippen LogP contribution in [0.3, 0.4) is 0 Å². The van der Waals surface area contributed by atoms with Gasteiger partial charge in [-0.05, 0) is 50.3 Å². The Kier molecular flexibility index (Phi) is 5.28. The van der Waals surface area contributed by atoms with Crippen LogP contribution in [0.4, 0.5) is 0 Å². The lowest BCUT2D eigenvalue weighted by Crippen LogP contribution is -2.45. The summed E-state index contributed by atoms with van der Waals surface area (Å²) in [5.74, 6) is 1.46. The van der Waals surface area contributed by atoms with Gasteiger partial charge in [-0.25, -0.2) is 0 Å². The monoisotopic (exact) mass is 291 g/mol. The number of nitrogens with one attached hydrogen (secondary N) is 1. The van der Waals surface area contributed by atoms with E-state index in [4.69, 9.17) is 9.47 Å². The highest BCUT2D eigenvalue weighted by Crippen LogP contribution is 2.29. The largest absolute Gasteiger partial charge is 0.497 e. The zero-order chi connectivity index (χ0) is 15.5. The van der Waals surface area contributed by atoms with E-state index in [0.29, 0.717) is 18.0 Å². The van der Waals surface area contributed by atoms with Crippen molar-refractivity contribution >= 4 is 0 Å². The van der Waals surface area contributed by atoms with Gasteiger partial charge >= 0.3 is 0 Å². The van der Waals surface area contributed by atoms with Gasteiger partial charge in [0.25, 0.3) is 0 Å². The van der Waals surface area contributed by atoms with Gasteiger partial charge in [0.15, 0.2) is 0 Å². The van der Waals surface area contributed by atoms with Crippen LogP contribution in [0.2, 0.25) is 0 Å². The molecule has 0 amide bonds. The van der Waals surface area contributed by atoms with E-state index in [2.05, 4.69) is 45.1 Å². The fourth-order valence-electron chi connectivity index (χ4n) is 3.11. The van der Waals surface area contributed by atoms with Gasteiger partial charge < -0.3 is 14.8 Å². The summed E-state index contributed by atoms with van der Waals surface area (Å²) in [7, 11) is 1.71. The smallest absolute Gasteiger partial charge is 0.118 e. The molecule has 1 aliphatic rings. The van der Waals surface area contributed by atoms with Gasteiger partial charge in [0.2, 0.25) is 0 Å². The molecule has 0 bridgehead atoms. The van der Waals surface area contributed by atoms with E-state index in [1.165, 1.54) is 5.56 Å². The number of rotatable bonds is 5. The van der Waals surface area contributed by atoms with E-state index in [0.717, 1.165) is 25.2 Å². The van der Waals surface area contributed by atoms with Gasteiger partial charge in [0.1, 0.15) is 5.75 Å². The predicted octanol–water partition coefficient (Wildman–Crippen LogP) is 3.94. The Labute approximate surface area is 129 Å². The molecule has 21 heavy (non-hydrogen) atoms. The average molecular weight is 291 g/mol. The minimum Gasteiger partial charge on any atom is -0.497 e. The van der Waals surface area contributed by atoms with E-state index >= 15 is 0 Å². The van der Waals surface area contributed by atoms with Gasteiger partial charge in [0, 0.05) is 18.7 Å². The predicted molar refractivity (Wildman–Crippen MR) is 86.8 cm³/mol. The summed E-state index contributed by atoms with van der Waals surface area (Å²) in [4.78, 5) is 0. The molecule has 2 rings (SSSR count). The summed E-state index contributed by atoms with van der Waals surface area (Å²) in [6, 6.07) is 9.31. The Bertz CT molecular complexity index is 439. The molecule has 2 unspecified atom stereocenters. The topological polar surface area (TPSA) is 30.5 Å². The molecule has 0 radical (unpaired) electrons. The van der Waals surface area contributed by atoms with Crippen LogP contribution in [0.25, 0.3) is 0 Å². The molecule has 0 aromatic heterocycles. The second-order valence-electron chi connectivity index (χ2n) is 6.96. The molecule has 0 aliphatic carbocycles. The fourth-order valence-corrected chi connectivity index (χ4v) is 3.11. The SMILES string of the molecule is COc1ccc(C(NC2CCOC(C)(C)C2)C(C)C)cc1. The Balaban J connectivity index is 2.08. The Hall–Kier alpha value is -1.06. The van der Waals surface area contributed by atoms with Gasteiger partial charge in [-0.3, -0.25) is 0 Å². The number of ether oxygens (including phenoxy) is 2. The molecule has 0 saturated carbocycles. The third-order valence-electron chi connectivity index (χ3n) is 4.25. The van der Waals surface area contributed by atoms with Crippen molar-refractivity contribution in [3.8, 4) is 5.75 Å². The minimum atomic E-state index is -0.0165. The first-order chi connectivity index (χ1) is 9.91. The van der Waals surface area contributed by atoms with Crippen molar-refractivity contribution in [1.82, 2.24) is 5.32 Å². The molecule has 1 saturated heterocycles. The molecule has 1 fully saturated rings. The van der Waals surface area contributed by atoms with Crippen LogP contribution in [0.15, 0.2) is 24.3 Å². The Morgan fingerprint density at radius 2 is 1.90 bits per heavy atom. The maximum Gasteiger partial charge on any atom is 0.118 e. The Morgan fingerprint density at radius 1 is 1.24 bits per heavy atom. The van der Waals surface area contributed by atoms with Crippen LogP contribution in [0, 0.1) is 5.92 Å². The van der Waals surface area contributed by atoms with Crippen LogP contribution < -0.4 is 10.1 Å². The number of benzene rings is 1. The lowest BCUT2D eigenvalue weighted by atomic mass is 9.90. The lowest BCUT2D eigenvalue weighted by molar-refractivity contribution is -0.0648. The first-order valence-corrected chi connectivity index (χ1v) is 7.95. The molecule has 3 heteroatoms. The quantitative estimate of drug-likeness (QED) is 0.891. The molecular weight excluding hydrogens is 262 g/mol. The van der Waals surface area contributed by atoms with Crippen molar-refractivity contribution < 1.29 is 9.47 Å². The van der Waals surface area contributed by atoms with Crippen molar-refractivity contribution in [2.75, 3.05) is 13.7 Å². The molecule has 0 spiro atoms. The van der Waals surface area contributed by atoms with E-state index in [1.54, 1.807) is 7.11 Å². The second-order valence-corrected chi connectivity index (χ2v) is 6.96. The summed E-state index contributed by atoms with van der Waals surface area (Å²) in [5, 5.41) is 3.84. The summed E-state index contributed by atoms with van der Waals surface area (Å²) >= 11 is 0. The molecule has 2 atom stereocenters. The second kappa shape index (κ2) is 6.80. The molecular formula is C18H29NO2. The number of hydrogen-bond acceptors (Lipinski definition) is 3. The van der Waals surface area contributed by atoms with E-state index in [-0.39, 0.29) is 5.60 Å². The summed E-state index contributed by atoms with van der Waals surface area (Å²) < 4.78 is 11.1. The standard InChI is InChI=1S/C18H29NO2/c1-13(2)17(14-6-8-16(20-5)9-7-14)19-15-10-11-21-18(3,4)12-15/h6-9,13,15,17,19H,10-12H2,1-5H3.